The number of para-hydroxylation sites is 1. The average Bonchev–Trinajstić information content (AvgIpc) is 2.90. The van der Waals surface area contributed by atoms with E-state index in [9.17, 15) is 0 Å². The lowest BCUT2D eigenvalue weighted by Gasteiger charge is -2.12. The molecule has 0 aliphatic rings. The van der Waals surface area contributed by atoms with Gasteiger partial charge in [0.25, 0.3) is 0 Å². The lowest BCUT2D eigenvalue weighted by Crippen LogP contribution is -2.14. The van der Waals surface area contributed by atoms with Crippen molar-refractivity contribution in [3.63, 3.8) is 0 Å². The minimum Gasteiger partial charge on any atom is -0.485 e. The Morgan fingerprint density at radius 1 is 1.29 bits per heavy atom. The van der Waals surface area contributed by atoms with Crippen LogP contribution in [-0.2, 0) is 19.7 Å². The molecule has 0 saturated heterocycles. The number of nitrogens with zero attached hydrogens (tertiary/aromatic N) is 3. The van der Waals surface area contributed by atoms with Crippen LogP contribution in [0.2, 0.25) is 0 Å². The summed E-state index contributed by atoms with van der Waals surface area (Å²) in [6.07, 6.45) is 1.59. The zero-order valence-corrected chi connectivity index (χ0v) is 13.0. The lowest BCUT2D eigenvalue weighted by atomic mass is 10.2. The molecule has 2 aromatic rings. The molecule has 0 amide bonds. The van der Waals surface area contributed by atoms with Gasteiger partial charge >= 0.3 is 0 Å². The molecule has 0 radical (unpaired) electrons. The molecule has 0 aliphatic carbocycles. The van der Waals surface area contributed by atoms with Crippen LogP contribution in [0.15, 0.2) is 30.6 Å². The van der Waals surface area contributed by atoms with Crippen molar-refractivity contribution < 1.29 is 4.74 Å². The van der Waals surface area contributed by atoms with Crippen molar-refractivity contribution in [1.29, 1.82) is 0 Å². The Morgan fingerprint density at radius 2 is 2.10 bits per heavy atom. The van der Waals surface area contributed by atoms with Crippen LogP contribution in [0.5, 0.6) is 5.75 Å². The number of hydrogen-bond acceptors (Lipinski definition) is 4. The summed E-state index contributed by atoms with van der Waals surface area (Å²) >= 11 is 0. The summed E-state index contributed by atoms with van der Waals surface area (Å²) in [5.74, 6) is 2.30. The molecular formula is C16H24N4O. The molecular weight excluding hydrogens is 264 g/mol. The van der Waals surface area contributed by atoms with E-state index in [2.05, 4.69) is 42.2 Å². The number of ether oxygens (including phenoxy) is 1. The summed E-state index contributed by atoms with van der Waals surface area (Å²) in [4.78, 5) is 4.29. The van der Waals surface area contributed by atoms with Gasteiger partial charge < -0.3 is 10.1 Å². The van der Waals surface area contributed by atoms with Crippen LogP contribution < -0.4 is 10.1 Å². The molecule has 5 nitrogen and oxygen atoms in total. The zero-order valence-electron chi connectivity index (χ0n) is 13.0. The van der Waals surface area contributed by atoms with Crippen LogP contribution in [0.4, 0.5) is 0 Å². The molecule has 21 heavy (non-hydrogen) atoms. The molecule has 0 spiro atoms. The predicted molar refractivity (Wildman–Crippen MR) is 83.0 cm³/mol. The standard InChI is InChI=1S/C16H24N4O/c1-4-17-9-14-7-5-6-8-15(14)21-11-16-18-12-19-20(16)10-13(2)3/h5-8,12-13,17H,4,9-11H2,1-3H3. The monoisotopic (exact) mass is 288 g/mol. The quantitative estimate of drug-likeness (QED) is 0.811. The molecule has 1 heterocycles. The van der Waals surface area contributed by atoms with E-state index in [1.165, 1.54) is 0 Å². The second-order valence-electron chi connectivity index (χ2n) is 5.43. The lowest BCUT2D eigenvalue weighted by molar-refractivity contribution is 0.279. The number of benzene rings is 1. The third-order valence-corrected chi connectivity index (χ3v) is 3.13. The molecule has 0 unspecified atom stereocenters. The van der Waals surface area contributed by atoms with Gasteiger partial charge in [-0.25, -0.2) is 9.67 Å². The summed E-state index contributed by atoms with van der Waals surface area (Å²) in [6.45, 7) is 9.48. The van der Waals surface area contributed by atoms with E-state index < -0.39 is 0 Å². The topological polar surface area (TPSA) is 52.0 Å². The molecule has 1 N–H and O–H groups in total. The van der Waals surface area contributed by atoms with Gasteiger partial charge in [0.15, 0.2) is 5.82 Å². The molecule has 1 aromatic carbocycles. The SMILES string of the molecule is CCNCc1ccccc1OCc1ncnn1CC(C)C. The normalized spacial score (nSPS) is 11.0. The highest BCUT2D eigenvalue weighted by molar-refractivity contribution is 5.33. The van der Waals surface area contributed by atoms with Gasteiger partial charge in [0.2, 0.25) is 0 Å². The number of nitrogens with one attached hydrogen (secondary N) is 1. The smallest absolute Gasteiger partial charge is 0.164 e. The largest absolute Gasteiger partial charge is 0.485 e. The van der Waals surface area contributed by atoms with Crippen molar-refractivity contribution in [2.75, 3.05) is 6.54 Å². The van der Waals surface area contributed by atoms with Gasteiger partial charge in [0.1, 0.15) is 18.7 Å². The van der Waals surface area contributed by atoms with E-state index in [1.54, 1.807) is 6.33 Å². The number of rotatable bonds is 8. The van der Waals surface area contributed by atoms with Crippen molar-refractivity contribution in [1.82, 2.24) is 20.1 Å². The molecule has 0 fully saturated rings. The number of aromatic nitrogens is 3. The van der Waals surface area contributed by atoms with Gasteiger partial charge in [0, 0.05) is 18.7 Å². The highest BCUT2D eigenvalue weighted by atomic mass is 16.5. The van der Waals surface area contributed by atoms with E-state index in [0.717, 1.165) is 36.8 Å². The van der Waals surface area contributed by atoms with Crippen LogP contribution in [0.1, 0.15) is 32.2 Å². The Labute approximate surface area is 126 Å². The second-order valence-corrected chi connectivity index (χ2v) is 5.43. The first-order chi connectivity index (χ1) is 10.2. The average molecular weight is 288 g/mol. The third kappa shape index (κ3) is 4.56. The van der Waals surface area contributed by atoms with Crippen molar-refractivity contribution in [3.8, 4) is 5.75 Å². The van der Waals surface area contributed by atoms with Crippen LogP contribution in [-0.4, -0.2) is 21.3 Å². The molecule has 5 heteroatoms. The van der Waals surface area contributed by atoms with Crippen molar-refractivity contribution in [2.24, 2.45) is 5.92 Å². The summed E-state index contributed by atoms with van der Waals surface area (Å²) in [6, 6.07) is 8.09. The van der Waals surface area contributed by atoms with E-state index in [4.69, 9.17) is 4.74 Å². The summed E-state index contributed by atoms with van der Waals surface area (Å²) < 4.78 is 7.85. The maximum atomic E-state index is 5.94. The van der Waals surface area contributed by atoms with Gasteiger partial charge in [0.05, 0.1) is 0 Å². The van der Waals surface area contributed by atoms with Gasteiger partial charge in [-0.3, -0.25) is 0 Å². The minimum absolute atomic E-state index is 0.440. The predicted octanol–water partition coefficient (Wildman–Crippen LogP) is 2.62. The third-order valence-electron chi connectivity index (χ3n) is 3.13. The Morgan fingerprint density at radius 3 is 2.86 bits per heavy atom. The van der Waals surface area contributed by atoms with Crippen molar-refractivity contribution >= 4 is 0 Å². The first kappa shape index (κ1) is 15.5. The Balaban J connectivity index is 2.01. The first-order valence-corrected chi connectivity index (χ1v) is 7.48. The van der Waals surface area contributed by atoms with Gasteiger partial charge in [-0.2, -0.15) is 5.10 Å². The second kappa shape index (κ2) is 7.78. The van der Waals surface area contributed by atoms with E-state index in [-0.39, 0.29) is 0 Å². The van der Waals surface area contributed by atoms with E-state index >= 15 is 0 Å². The summed E-state index contributed by atoms with van der Waals surface area (Å²) in [5.41, 5.74) is 1.16. The maximum absolute atomic E-state index is 5.94. The van der Waals surface area contributed by atoms with Gasteiger partial charge in [-0.15, -0.1) is 0 Å². The Bertz CT molecular complexity index is 551. The van der Waals surface area contributed by atoms with Crippen molar-refractivity contribution in [2.45, 2.75) is 40.5 Å². The fraction of sp³-hybridized carbons (Fsp3) is 0.500. The molecule has 1 aromatic heterocycles. The van der Waals surface area contributed by atoms with Crippen LogP contribution in [0, 0.1) is 5.92 Å². The summed E-state index contributed by atoms with van der Waals surface area (Å²) in [5, 5.41) is 7.58. The van der Waals surface area contributed by atoms with Crippen molar-refractivity contribution in [3.05, 3.63) is 42.0 Å². The Kier molecular flexibility index (Phi) is 5.75. The number of hydrogen-bond donors (Lipinski definition) is 1. The molecule has 0 bridgehead atoms. The Hall–Kier alpha value is -1.88. The first-order valence-electron chi connectivity index (χ1n) is 7.48. The van der Waals surface area contributed by atoms with Crippen LogP contribution >= 0.6 is 0 Å². The highest BCUT2D eigenvalue weighted by Gasteiger charge is 2.08. The minimum atomic E-state index is 0.440. The van der Waals surface area contributed by atoms with Crippen LogP contribution in [0.3, 0.4) is 0 Å². The summed E-state index contributed by atoms with van der Waals surface area (Å²) in [7, 11) is 0. The fourth-order valence-electron chi connectivity index (χ4n) is 2.09. The van der Waals surface area contributed by atoms with Crippen LogP contribution in [0.25, 0.3) is 0 Å². The zero-order chi connectivity index (χ0) is 15.1. The van der Waals surface area contributed by atoms with E-state index in [1.807, 2.05) is 22.9 Å². The molecule has 114 valence electrons. The molecule has 0 aliphatic heterocycles. The molecule has 2 rings (SSSR count). The molecule has 0 saturated carbocycles. The van der Waals surface area contributed by atoms with Gasteiger partial charge in [-0.1, -0.05) is 39.0 Å². The highest BCUT2D eigenvalue weighted by Crippen LogP contribution is 2.19. The fourth-order valence-corrected chi connectivity index (χ4v) is 2.09. The van der Waals surface area contributed by atoms with Gasteiger partial charge in [-0.05, 0) is 18.5 Å². The molecule has 0 atom stereocenters. The van der Waals surface area contributed by atoms with E-state index in [0.29, 0.717) is 12.5 Å². The maximum Gasteiger partial charge on any atom is 0.164 e.